The molecule has 0 saturated carbocycles. The number of nitrogens with zero attached hydrogens (tertiary/aromatic N) is 2. The average molecular weight is 320 g/mol. The predicted octanol–water partition coefficient (Wildman–Crippen LogP) is 5.56. The highest BCUT2D eigenvalue weighted by atomic mass is 15.1. The molecule has 0 aromatic heterocycles. The van der Waals surface area contributed by atoms with Gasteiger partial charge in [0.1, 0.15) is 0 Å². The molecular weight excluding hydrogens is 292 g/mol. The summed E-state index contributed by atoms with van der Waals surface area (Å²) in [5.74, 6) is 0. The molecule has 0 aliphatic carbocycles. The Balaban J connectivity index is 2.18. The van der Waals surface area contributed by atoms with Crippen molar-refractivity contribution in [2.45, 2.75) is 20.8 Å². The lowest BCUT2D eigenvalue weighted by Crippen LogP contribution is -2.21. The van der Waals surface area contributed by atoms with Gasteiger partial charge in [-0.2, -0.15) is 0 Å². The Morgan fingerprint density at radius 2 is 1.25 bits per heavy atom. The van der Waals surface area contributed by atoms with Gasteiger partial charge in [0.25, 0.3) is 0 Å². The Bertz CT molecular complexity index is 664. The van der Waals surface area contributed by atoms with Crippen molar-refractivity contribution in [1.82, 2.24) is 0 Å². The zero-order valence-electron chi connectivity index (χ0n) is 15.1. The third kappa shape index (κ3) is 3.88. The monoisotopic (exact) mass is 320 g/mol. The first-order chi connectivity index (χ1) is 11.6. The minimum Gasteiger partial charge on any atom is -0.372 e. The van der Waals surface area contributed by atoms with E-state index in [9.17, 15) is 0 Å². The van der Waals surface area contributed by atoms with Crippen molar-refractivity contribution in [2.24, 2.45) is 0 Å². The van der Waals surface area contributed by atoms with Crippen LogP contribution >= 0.6 is 0 Å². The van der Waals surface area contributed by atoms with E-state index in [0.29, 0.717) is 0 Å². The van der Waals surface area contributed by atoms with E-state index in [1.807, 2.05) is 6.20 Å². The van der Waals surface area contributed by atoms with Crippen LogP contribution < -0.4 is 9.80 Å². The average Bonchev–Trinajstić information content (AvgIpc) is 2.64. The van der Waals surface area contributed by atoms with Gasteiger partial charge in [-0.1, -0.05) is 37.4 Å². The smallest absolute Gasteiger partial charge is 0.0406 e. The molecular formula is C22H28N2. The first-order valence-electron chi connectivity index (χ1n) is 8.68. The molecule has 0 saturated heterocycles. The lowest BCUT2D eigenvalue weighted by molar-refractivity contribution is 0.866. The van der Waals surface area contributed by atoms with Gasteiger partial charge in [0.15, 0.2) is 0 Å². The zero-order chi connectivity index (χ0) is 17.5. The first kappa shape index (κ1) is 17.9. The lowest BCUT2D eigenvalue weighted by atomic mass is 9.99. The summed E-state index contributed by atoms with van der Waals surface area (Å²) in [6.07, 6.45) is 1.86. The van der Waals surface area contributed by atoms with Crippen LogP contribution in [0.25, 0.3) is 5.57 Å². The molecule has 0 heterocycles. The maximum atomic E-state index is 4.28. The van der Waals surface area contributed by atoms with Crippen molar-refractivity contribution in [2.75, 3.05) is 29.4 Å². The van der Waals surface area contributed by atoms with Crippen LogP contribution in [-0.4, -0.2) is 19.6 Å². The van der Waals surface area contributed by atoms with Gasteiger partial charge in [0, 0.05) is 31.0 Å². The molecule has 0 aliphatic heterocycles. The number of anilines is 2. The van der Waals surface area contributed by atoms with Gasteiger partial charge in [-0.25, -0.2) is 0 Å². The van der Waals surface area contributed by atoms with E-state index in [2.05, 4.69) is 92.3 Å². The van der Waals surface area contributed by atoms with E-state index in [0.717, 1.165) is 42.0 Å². The largest absolute Gasteiger partial charge is 0.372 e. The van der Waals surface area contributed by atoms with E-state index in [-0.39, 0.29) is 0 Å². The summed E-state index contributed by atoms with van der Waals surface area (Å²) in [5.41, 5.74) is 5.77. The number of benzene rings is 2. The molecule has 0 spiro atoms. The van der Waals surface area contributed by atoms with Crippen molar-refractivity contribution in [1.29, 1.82) is 0 Å². The molecule has 0 amide bonds. The first-order valence-corrected chi connectivity index (χ1v) is 8.68. The van der Waals surface area contributed by atoms with Crippen LogP contribution in [0.4, 0.5) is 11.4 Å². The van der Waals surface area contributed by atoms with E-state index >= 15 is 0 Å². The van der Waals surface area contributed by atoms with Crippen molar-refractivity contribution in [3.8, 4) is 0 Å². The normalized spacial score (nSPS) is 10.3. The van der Waals surface area contributed by atoms with Gasteiger partial charge in [-0.15, -0.1) is 0 Å². The zero-order valence-corrected chi connectivity index (χ0v) is 15.1. The summed E-state index contributed by atoms with van der Waals surface area (Å²) in [5, 5.41) is 0. The molecule has 24 heavy (non-hydrogen) atoms. The van der Waals surface area contributed by atoms with Gasteiger partial charge in [0.05, 0.1) is 0 Å². The van der Waals surface area contributed by atoms with Crippen LogP contribution in [0.1, 0.15) is 31.9 Å². The summed E-state index contributed by atoms with van der Waals surface area (Å²) in [6.45, 7) is 17.6. The van der Waals surface area contributed by atoms with Crippen molar-refractivity contribution in [3.05, 3.63) is 79.0 Å². The highest BCUT2D eigenvalue weighted by molar-refractivity contribution is 5.79. The fourth-order valence-electron chi connectivity index (χ4n) is 2.90. The molecule has 0 radical (unpaired) electrons. The van der Waals surface area contributed by atoms with E-state index in [1.54, 1.807) is 0 Å². The molecule has 126 valence electrons. The predicted molar refractivity (Wildman–Crippen MR) is 108 cm³/mol. The van der Waals surface area contributed by atoms with Gasteiger partial charge < -0.3 is 9.80 Å². The van der Waals surface area contributed by atoms with Gasteiger partial charge >= 0.3 is 0 Å². The molecule has 0 unspecified atom stereocenters. The highest BCUT2D eigenvalue weighted by Crippen LogP contribution is 2.26. The second-order valence-corrected chi connectivity index (χ2v) is 5.71. The highest BCUT2D eigenvalue weighted by Gasteiger charge is 2.06. The third-order valence-electron chi connectivity index (χ3n) is 4.45. The molecule has 2 aromatic rings. The lowest BCUT2D eigenvalue weighted by Gasteiger charge is -2.21. The summed E-state index contributed by atoms with van der Waals surface area (Å²) in [7, 11) is 0. The Hall–Kier alpha value is -2.48. The van der Waals surface area contributed by atoms with Gasteiger partial charge in [-0.05, 0) is 67.9 Å². The fourth-order valence-corrected chi connectivity index (χ4v) is 2.90. The molecule has 0 fully saturated rings. The van der Waals surface area contributed by atoms with Crippen molar-refractivity contribution >= 4 is 16.9 Å². The van der Waals surface area contributed by atoms with Crippen molar-refractivity contribution < 1.29 is 0 Å². The minimum absolute atomic E-state index is 0.913. The molecule has 2 nitrogen and oxygen atoms in total. The molecule has 2 heteroatoms. The minimum atomic E-state index is 0.913. The topological polar surface area (TPSA) is 6.48 Å². The van der Waals surface area contributed by atoms with Crippen LogP contribution in [0, 0.1) is 0 Å². The Kier molecular flexibility index (Phi) is 6.25. The standard InChI is InChI=1S/C22H28N2/c1-6-23(7-2)21-14-10-19(11-15-21)18(5)20-12-16-22(17-13-20)24(8-3)9-4/h6,10-17H,1,5,7-9H2,2-4H3. The molecule has 0 atom stereocenters. The van der Waals surface area contributed by atoms with Gasteiger partial charge in [-0.3, -0.25) is 0 Å². The number of rotatable bonds is 8. The molecule has 0 N–H and O–H groups in total. The quantitative estimate of drug-likeness (QED) is 0.628. The van der Waals surface area contributed by atoms with E-state index < -0.39 is 0 Å². The second-order valence-electron chi connectivity index (χ2n) is 5.71. The van der Waals surface area contributed by atoms with Crippen LogP contribution in [0.15, 0.2) is 67.9 Å². The number of hydrogen-bond acceptors (Lipinski definition) is 2. The maximum Gasteiger partial charge on any atom is 0.0406 e. The summed E-state index contributed by atoms with van der Waals surface area (Å²) in [4.78, 5) is 4.46. The molecule has 2 aromatic carbocycles. The third-order valence-corrected chi connectivity index (χ3v) is 4.45. The Morgan fingerprint density at radius 3 is 1.62 bits per heavy atom. The fraction of sp³-hybridized carbons (Fsp3) is 0.273. The summed E-state index contributed by atoms with van der Waals surface area (Å²) in [6, 6.07) is 17.2. The maximum absolute atomic E-state index is 4.28. The van der Waals surface area contributed by atoms with Crippen LogP contribution in [0.5, 0.6) is 0 Å². The molecule has 0 bridgehead atoms. The molecule has 2 rings (SSSR count). The summed E-state index contributed by atoms with van der Waals surface area (Å²) < 4.78 is 0. The molecule has 0 aliphatic rings. The SMILES string of the molecule is C=CN(CC)c1ccc(C(=C)c2ccc(N(CC)CC)cc2)cc1. The van der Waals surface area contributed by atoms with E-state index in [4.69, 9.17) is 0 Å². The van der Waals surface area contributed by atoms with Crippen LogP contribution in [0.3, 0.4) is 0 Å². The second kappa shape index (κ2) is 8.39. The Labute approximate surface area is 146 Å². The number of hydrogen-bond donors (Lipinski definition) is 0. The van der Waals surface area contributed by atoms with E-state index in [1.165, 1.54) is 5.69 Å². The van der Waals surface area contributed by atoms with Gasteiger partial charge in [0.2, 0.25) is 0 Å². The Morgan fingerprint density at radius 1 is 0.792 bits per heavy atom. The van der Waals surface area contributed by atoms with Crippen molar-refractivity contribution in [3.63, 3.8) is 0 Å². The van der Waals surface area contributed by atoms with Crippen LogP contribution in [0.2, 0.25) is 0 Å². The summed E-state index contributed by atoms with van der Waals surface area (Å²) >= 11 is 0. The van der Waals surface area contributed by atoms with Crippen LogP contribution in [-0.2, 0) is 0 Å².